The molecule has 0 saturated heterocycles. The Morgan fingerprint density at radius 3 is 2.58 bits per heavy atom. The van der Waals surface area contributed by atoms with E-state index in [0.29, 0.717) is 5.56 Å². The van der Waals surface area contributed by atoms with Crippen LogP contribution < -0.4 is 5.84 Å². The van der Waals surface area contributed by atoms with Crippen LogP contribution in [0, 0.1) is 27.3 Å². The Balaban J connectivity index is 3.55. The Morgan fingerprint density at radius 1 is 1.42 bits per heavy atom. The predicted molar refractivity (Wildman–Crippen MR) is 44.8 cm³/mol. The Morgan fingerprint density at radius 2 is 2.08 bits per heavy atom. The van der Waals surface area contributed by atoms with Gasteiger partial charge in [0.1, 0.15) is 16.8 Å². The highest BCUT2D eigenvalue weighted by atomic mass is 32.1. The number of nitriles is 2. The van der Waals surface area contributed by atoms with Crippen LogP contribution in [-0.2, 0) is 0 Å². The van der Waals surface area contributed by atoms with E-state index in [1.54, 1.807) is 0 Å². The van der Waals surface area contributed by atoms with Crippen molar-refractivity contribution in [1.82, 2.24) is 4.68 Å². The molecule has 0 aromatic carbocycles. The maximum atomic E-state index is 8.57. The molecule has 1 rings (SSSR count). The zero-order chi connectivity index (χ0) is 9.14. The Kier molecular flexibility index (Phi) is 2.09. The van der Waals surface area contributed by atoms with Crippen LogP contribution in [0.1, 0.15) is 11.1 Å². The summed E-state index contributed by atoms with van der Waals surface area (Å²) in [6.07, 6.45) is 1.38. The van der Waals surface area contributed by atoms with E-state index in [0.717, 1.165) is 4.68 Å². The largest absolute Gasteiger partial charge is 0.338 e. The minimum absolute atomic E-state index is 0.233. The highest BCUT2D eigenvalue weighted by Gasteiger charge is 1.99. The molecule has 5 heteroatoms. The average Bonchev–Trinajstić information content (AvgIpc) is 2.09. The quantitative estimate of drug-likeness (QED) is 0.465. The van der Waals surface area contributed by atoms with E-state index in [2.05, 4.69) is 0 Å². The topological polar surface area (TPSA) is 78.5 Å². The van der Waals surface area contributed by atoms with Crippen LogP contribution in [0.2, 0.25) is 0 Å². The van der Waals surface area contributed by atoms with E-state index in [1.807, 2.05) is 12.1 Å². The lowest BCUT2D eigenvalue weighted by molar-refractivity contribution is 0.958. The van der Waals surface area contributed by atoms with E-state index in [-0.39, 0.29) is 10.2 Å². The third kappa shape index (κ3) is 1.26. The first kappa shape index (κ1) is 8.25. The van der Waals surface area contributed by atoms with Crippen molar-refractivity contribution in [3.8, 4) is 12.1 Å². The van der Waals surface area contributed by atoms with Crippen LogP contribution in [0.4, 0.5) is 0 Å². The molecule has 2 N–H and O–H groups in total. The first-order valence-corrected chi connectivity index (χ1v) is 3.42. The molecule has 0 fully saturated rings. The minimum Gasteiger partial charge on any atom is -0.338 e. The molecule has 0 spiro atoms. The number of rotatable bonds is 0. The van der Waals surface area contributed by atoms with Crippen molar-refractivity contribution < 1.29 is 0 Å². The summed E-state index contributed by atoms with van der Waals surface area (Å²) in [4.78, 5) is 0. The Labute approximate surface area is 74.0 Å². The third-order valence-electron chi connectivity index (χ3n) is 1.29. The average molecular weight is 176 g/mol. The summed E-state index contributed by atoms with van der Waals surface area (Å²) in [5.74, 6) is 5.38. The summed E-state index contributed by atoms with van der Waals surface area (Å²) < 4.78 is 1.32. The van der Waals surface area contributed by atoms with Crippen LogP contribution in [0.15, 0.2) is 12.3 Å². The number of nitrogen functional groups attached to an aromatic ring is 1. The molecular weight excluding hydrogens is 172 g/mol. The second-order valence-corrected chi connectivity index (χ2v) is 2.47. The van der Waals surface area contributed by atoms with Gasteiger partial charge in [-0.05, 0) is 6.07 Å². The standard InChI is InChI=1S/C7H4N4S/c8-2-5-1-6(3-9)7(12)11(10)4-5/h1,4H,10H2. The fourth-order valence-electron chi connectivity index (χ4n) is 0.743. The number of hydrogen-bond acceptors (Lipinski definition) is 4. The van der Waals surface area contributed by atoms with Gasteiger partial charge in [0, 0.05) is 6.20 Å². The Hall–Kier alpha value is -1.85. The maximum Gasteiger partial charge on any atom is 0.142 e. The highest BCUT2D eigenvalue weighted by Crippen LogP contribution is 2.03. The summed E-state index contributed by atoms with van der Waals surface area (Å²) in [6.45, 7) is 0. The third-order valence-corrected chi connectivity index (χ3v) is 1.72. The van der Waals surface area contributed by atoms with E-state index < -0.39 is 0 Å². The zero-order valence-electron chi connectivity index (χ0n) is 5.98. The molecule has 0 aliphatic heterocycles. The molecule has 12 heavy (non-hydrogen) atoms. The van der Waals surface area contributed by atoms with E-state index in [4.69, 9.17) is 28.6 Å². The molecule has 58 valence electrons. The SMILES string of the molecule is N#Cc1cc(C#N)c(=S)n(N)c1. The van der Waals surface area contributed by atoms with Gasteiger partial charge in [-0.2, -0.15) is 10.5 Å². The van der Waals surface area contributed by atoms with Gasteiger partial charge >= 0.3 is 0 Å². The summed E-state index contributed by atoms with van der Waals surface area (Å²) in [5.41, 5.74) is 0.564. The Bertz CT molecular complexity index is 446. The van der Waals surface area contributed by atoms with Gasteiger partial charge in [0.25, 0.3) is 0 Å². The second-order valence-electron chi connectivity index (χ2n) is 2.08. The second kappa shape index (κ2) is 3.04. The fraction of sp³-hybridized carbons (Fsp3) is 0. The van der Waals surface area contributed by atoms with Gasteiger partial charge in [0.05, 0.1) is 11.1 Å². The normalized spacial score (nSPS) is 8.50. The van der Waals surface area contributed by atoms with Crippen molar-refractivity contribution in [2.75, 3.05) is 5.84 Å². The smallest absolute Gasteiger partial charge is 0.142 e. The fourth-order valence-corrected chi connectivity index (χ4v) is 0.901. The molecule has 1 heterocycles. The molecule has 0 aliphatic rings. The number of aromatic nitrogens is 1. The lowest BCUT2D eigenvalue weighted by atomic mass is 10.2. The van der Waals surface area contributed by atoms with E-state index in [9.17, 15) is 0 Å². The van der Waals surface area contributed by atoms with Crippen LogP contribution >= 0.6 is 12.2 Å². The van der Waals surface area contributed by atoms with Crippen molar-refractivity contribution in [2.24, 2.45) is 0 Å². The summed E-state index contributed by atoms with van der Waals surface area (Å²) in [7, 11) is 0. The van der Waals surface area contributed by atoms with E-state index in [1.165, 1.54) is 12.3 Å². The molecule has 0 amide bonds. The van der Waals surface area contributed by atoms with Crippen molar-refractivity contribution >= 4 is 12.2 Å². The highest BCUT2D eigenvalue weighted by molar-refractivity contribution is 7.71. The number of nitrogens with two attached hydrogens (primary N) is 1. The molecule has 4 nitrogen and oxygen atoms in total. The summed E-state index contributed by atoms with van der Waals surface area (Å²) in [6, 6.07) is 5.13. The van der Waals surface area contributed by atoms with Gasteiger partial charge in [0.15, 0.2) is 0 Å². The van der Waals surface area contributed by atoms with Crippen LogP contribution in [0.25, 0.3) is 0 Å². The monoisotopic (exact) mass is 176 g/mol. The van der Waals surface area contributed by atoms with Gasteiger partial charge in [-0.15, -0.1) is 0 Å². The predicted octanol–water partition coefficient (Wildman–Crippen LogP) is 0.675. The molecular formula is C7H4N4S. The van der Waals surface area contributed by atoms with Crippen LogP contribution in [0.3, 0.4) is 0 Å². The van der Waals surface area contributed by atoms with Gasteiger partial charge in [0.2, 0.25) is 0 Å². The molecule has 0 saturated carbocycles. The minimum atomic E-state index is 0.233. The first-order chi connectivity index (χ1) is 5.69. The summed E-state index contributed by atoms with van der Waals surface area (Å²) >= 11 is 4.81. The molecule has 0 aliphatic carbocycles. The van der Waals surface area contributed by atoms with Crippen LogP contribution in [-0.4, -0.2) is 4.68 Å². The molecule has 0 bridgehead atoms. The molecule has 0 radical (unpaired) electrons. The number of hydrogen-bond donors (Lipinski definition) is 1. The molecule has 0 atom stereocenters. The van der Waals surface area contributed by atoms with Crippen molar-refractivity contribution in [1.29, 1.82) is 10.5 Å². The molecule has 0 unspecified atom stereocenters. The maximum absolute atomic E-state index is 8.57. The number of pyridine rings is 1. The van der Waals surface area contributed by atoms with Crippen molar-refractivity contribution in [3.05, 3.63) is 28.0 Å². The number of nitrogens with zero attached hydrogens (tertiary/aromatic N) is 3. The van der Waals surface area contributed by atoms with Gasteiger partial charge in [-0.3, -0.25) is 4.68 Å². The van der Waals surface area contributed by atoms with Crippen molar-refractivity contribution in [2.45, 2.75) is 0 Å². The van der Waals surface area contributed by atoms with Gasteiger partial charge in [-0.1, -0.05) is 12.2 Å². The van der Waals surface area contributed by atoms with Crippen LogP contribution in [0.5, 0.6) is 0 Å². The zero-order valence-corrected chi connectivity index (χ0v) is 6.80. The molecule has 1 aromatic rings. The van der Waals surface area contributed by atoms with Gasteiger partial charge < -0.3 is 5.84 Å². The lowest BCUT2D eigenvalue weighted by Crippen LogP contribution is -2.11. The first-order valence-electron chi connectivity index (χ1n) is 3.01. The van der Waals surface area contributed by atoms with Crippen molar-refractivity contribution in [3.63, 3.8) is 0 Å². The van der Waals surface area contributed by atoms with Gasteiger partial charge in [-0.25, -0.2) is 0 Å². The van der Waals surface area contributed by atoms with E-state index >= 15 is 0 Å². The summed E-state index contributed by atoms with van der Waals surface area (Å²) in [5, 5.41) is 17.1. The lowest BCUT2D eigenvalue weighted by Gasteiger charge is -1.99. The molecule has 1 aromatic heterocycles.